The first kappa shape index (κ1) is 22.6. The number of nitrogens with one attached hydrogen (secondary N) is 2. The Morgan fingerprint density at radius 3 is 2.60 bits per heavy atom. The van der Waals surface area contributed by atoms with Crippen molar-refractivity contribution in [2.45, 2.75) is 48.6 Å². The number of methoxy groups -OCH3 is 1. The molecule has 0 aromatic heterocycles. The zero-order valence-electron chi connectivity index (χ0n) is 17.9. The lowest BCUT2D eigenvalue weighted by molar-refractivity contribution is -0.155. The van der Waals surface area contributed by atoms with E-state index in [1.807, 2.05) is 37.6 Å². The zero-order chi connectivity index (χ0) is 21.7. The molecule has 0 radical (unpaired) electrons. The molecule has 164 valence electrons. The van der Waals surface area contributed by atoms with Crippen molar-refractivity contribution in [1.82, 2.24) is 15.5 Å². The Kier molecular flexibility index (Phi) is 7.41. The van der Waals surface area contributed by atoms with Gasteiger partial charge in [0.05, 0.1) is 13.0 Å². The van der Waals surface area contributed by atoms with Crippen LogP contribution in [0.3, 0.4) is 0 Å². The molecule has 1 heterocycles. The predicted octanol–water partition coefficient (Wildman–Crippen LogP) is 2.06. The highest BCUT2D eigenvalue weighted by atomic mass is 32.2. The minimum Gasteiger partial charge on any atom is -0.467 e. The van der Waals surface area contributed by atoms with E-state index in [2.05, 4.69) is 15.5 Å². The largest absolute Gasteiger partial charge is 0.467 e. The van der Waals surface area contributed by atoms with Gasteiger partial charge in [0.1, 0.15) is 5.54 Å². The third kappa shape index (κ3) is 5.16. The number of hydrogen-bond donors (Lipinski definition) is 2. The molecule has 2 amide bonds. The van der Waals surface area contributed by atoms with Crippen molar-refractivity contribution in [3.05, 3.63) is 29.8 Å². The molecule has 3 rings (SSSR count). The quantitative estimate of drug-likeness (QED) is 0.528. The first-order valence-electron chi connectivity index (χ1n) is 10.4. The molecule has 1 aliphatic heterocycles. The summed E-state index contributed by atoms with van der Waals surface area (Å²) in [6.07, 6.45) is 5.51. The normalized spacial score (nSPS) is 23.6. The Hall–Kier alpha value is -2.06. The summed E-state index contributed by atoms with van der Waals surface area (Å²) in [6.45, 7) is 1.28. The molecular formula is C22H31N3O4S. The fraction of sp³-hybridized carbons (Fsp3) is 0.591. The highest BCUT2D eigenvalue weighted by Gasteiger charge is 2.47. The molecule has 2 N–H and O–H groups in total. The second-order valence-corrected chi connectivity index (χ2v) is 9.19. The Balaban J connectivity index is 1.59. The number of likely N-dealkylation sites (N-methyl/N-ethyl adjacent to an activating group) is 1. The highest BCUT2D eigenvalue weighted by molar-refractivity contribution is 7.98. The Morgan fingerprint density at radius 1 is 1.20 bits per heavy atom. The number of rotatable bonds is 6. The van der Waals surface area contributed by atoms with Crippen molar-refractivity contribution in [1.29, 1.82) is 0 Å². The smallest absolute Gasteiger partial charge is 0.331 e. The van der Waals surface area contributed by atoms with Crippen LogP contribution < -0.4 is 10.6 Å². The topological polar surface area (TPSA) is 87.7 Å². The molecule has 1 saturated heterocycles. The van der Waals surface area contributed by atoms with E-state index < -0.39 is 5.54 Å². The van der Waals surface area contributed by atoms with Crippen LogP contribution in [0.25, 0.3) is 0 Å². The lowest BCUT2D eigenvalue weighted by atomic mass is 9.76. The van der Waals surface area contributed by atoms with Gasteiger partial charge in [0, 0.05) is 29.6 Å². The van der Waals surface area contributed by atoms with E-state index in [0.717, 1.165) is 11.3 Å². The summed E-state index contributed by atoms with van der Waals surface area (Å²) in [4.78, 5) is 40.8. The van der Waals surface area contributed by atoms with Crippen LogP contribution in [0, 0.1) is 5.92 Å². The van der Waals surface area contributed by atoms with Crippen LogP contribution in [-0.2, 0) is 14.3 Å². The number of nitrogens with zero attached hydrogens (tertiary/aromatic N) is 1. The number of thioether (sulfide) groups is 1. The molecule has 2 fully saturated rings. The van der Waals surface area contributed by atoms with Crippen molar-refractivity contribution in [2.75, 3.05) is 33.5 Å². The first-order chi connectivity index (χ1) is 14.4. The van der Waals surface area contributed by atoms with Crippen LogP contribution in [-0.4, -0.2) is 67.8 Å². The Morgan fingerprint density at radius 2 is 1.97 bits per heavy atom. The minimum atomic E-state index is -0.855. The molecule has 0 bridgehead atoms. The summed E-state index contributed by atoms with van der Waals surface area (Å²) in [6, 6.07) is 7.54. The summed E-state index contributed by atoms with van der Waals surface area (Å²) in [7, 11) is 3.31. The average Bonchev–Trinajstić information content (AvgIpc) is 2.90. The lowest BCUT2D eigenvalue weighted by Gasteiger charge is -2.40. The Labute approximate surface area is 182 Å². The molecular weight excluding hydrogens is 402 g/mol. The lowest BCUT2D eigenvalue weighted by Crippen LogP contribution is -2.61. The van der Waals surface area contributed by atoms with E-state index in [9.17, 15) is 14.4 Å². The van der Waals surface area contributed by atoms with Crippen molar-refractivity contribution in [3.8, 4) is 0 Å². The second kappa shape index (κ2) is 9.83. The van der Waals surface area contributed by atoms with Gasteiger partial charge in [0.15, 0.2) is 0 Å². The third-order valence-electron chi connectivity index (χ3n) is 6.11. The number of likely N-dealkylation sites (tertiary alicyclic amines) is 1. The van der Waals surface area contributed by atoms with Gasteiger partial charge in [0.25, 0.3) is 5.91 Å². The maximum absolute atomic E-state index is 12.9. The molecule has 2 aliphatic rings. The van der Waals surface area contributed by atoms with Crippen molar-refractivity contribution in [2.24, 2.45) is 5.92 Å². The van der Waals surface area contributed by atoms with E-state index in [-0.39, 0.29) is 29.7 Å². The molecule has 1 saturated carbocycles. The maximum atomic E-state index is 12.9. The predicted molar refractivity (Wildman–Crippen MR) is 116 cm³/mol. The number of benzene rings is 1. The number of carbonyl (C=O) groups is 3. The standard InChI is InChI=1S/C22H31N3O4S/c1-25-13-16(20(27)24-22(10-5-11-22)21(28)29-2)8-9-17(14-25)23-19(26)15-6-4-7-18(12-15)30-3/h4,6-7,12,16-17H,5,8-11,13-14H2,1-3H3,(H,23,26)(H,24,27)/t16-,17+/m1/s1. The molecule has 0 unspecified atom stereocenters. The van der Waals surface area contributed by atoms with Gasteiger partial charge in [-0.3, -0.25) is 9.59 Å². The fourth-order valence-electron chi connectivity index (χ4n) is 4.22. The average molecular weight is 434 g/mol. The summed E-state index contributed by atoms with van der Waals surface area (Å²) in [5, 5.41) is 6.08. The molecule has 30 heavy (non-hydrogen) atoms. The van der Waals surface area contributed by atoms with E-state index in [4.69, 9.17) is 4.74 Å². The van der Waals surface area contributed by atoms with Gasteiger partial charge in [-0.15, -0.1) is 11.8 Å². The van der Waals surface area contributed by atoms with Gasteiger partial charge < -0.3 is 20.3 Å². The summed E-state index contributed by atoms with van der Waals surface area (Å²) in [5.74, 6) is -0.779. The minimum absolute atomic E-state index is 0.0310. The van der Waals surface area contributed by atoms with Crippen LogP contribution in [0.15, 0.2) is 29.2 Å². The molecule has 1 aromatic carbocycles. The second-order valence-electron chi connectivity index (χ2n) is 8.31. The van der Waals surface area contributed by atoms with Gasteiger partial charge in [-0.2, -0.15) is 0 Å². The maximum Gasteiger partial charge on any atom is 0.331 e. The number of hydrogen-bond acceptors (Lipinski definition) is 6. The molecule has 2 atom stereocenters. The highest BCUT2D eigenvalue weighted by Crippen LogP contribution is 2.33. The summed E-state index contributed by atoms with van der Waals surface area (Å²) in [5.41, 5.74) is -0.208. The number of carbonyl (C=O) groups excluding carboxylic acids is 3. The molecule has 8 heteroatoms. The van der Waals surface area contributed by atoms with Crippen LogP contribution >= 0.6 is 11.8 Å². The zero-order valence-corrected chi connectivity index (χ0v) is 18.7. The SMILES string of the molecule is COC(=O)C1(NC(=O)[C@@H]2CC[C@H](NC(=O)c3cccc(SC)c3)CN(C)C2)CCC1. The number of ether oxygens (including phenoxy) is 1. The number of amides is 2. The van der Waals surface area contributed by atoms with Gasteiger partial charge >= 0.3 is 5.97 Å². The first-order valence-corrected chi connectivity index (χ1v) is 11.6. The molecule has 1 aromatic rings. The summed E-state index contributed by atoms with van der Waals surface area (Å²) < 4.78 is 4.90. The third-order valence-corrected chi connectivity index (χ3v) is 6.84. The van der Waals surface area contributed by atoms with Crippen molar-refractivity contribution < 1.29 is 19.1 Å². The van der Waals surface area contributed by atoms with Gasteiger partial charge in [0.2, 0.25) is 5.91 Å². The van der Waals surface area contributed by atoms with Crippen molar-refractivity contribution >= 4 is 29.5 Å². The van der Waals surface area contributed by atoms with E-state index in [0.29, 0.717) is 44.3 Å². The summed E-state index contributed by atoms with van der Waals surface area (Å²) >= 11 is 1.60. The van der Waals surface area contributed by atoms with Gasteiger partial charge in [-0.05, 0) is 63.6 Å². The van der Waals surface area contributed by atoms with Gasteiger partial charge in [-0.25, -0.2) is 4.79 Å². The monoisotopic (exact) mass is 433 g/mol. The molecule has 0 spiro atoms. The van der Waals surface area contributed by atoms with Gasteiger partial charge in [-0.1, -0.05) is 6.07 Å². The Bertz CT molecular complexity index is 796. The van der Waals surface area contributed by atoms with E-state index in [1.54, 1.807) is 11.8 Å². The fourth-order valence-corrected chi connectivity index (χ4v) is 4.68. The van der Waals surface area contributed by atoms with Crippen LogP contribution in [0.1, 0.15) is 42.5 Å². The molecule has 7 nitrogen and oxygen atoms in total. The number of esters is 1. The van der Waals surface area contributed by atoms with E-state index >= 15 is 0 Å². The van der Waals surface area contributed by atoms with Crippen molar-refractivity contribution in [3.63, 3.8) is 0 Å². The van der Waals surface area contributed by atoms with Crippen LogP contribution in [0.2, 0.25) is 0 Å². The van der Waals surface area contributed by atoms with E-state index in [1.165, 1.54) is 7.11 Å². The van der Waals surface area contributed by atoms with Crippen LogP contribution in [0.5, 0.6) is 0 Å². The molecule has 1 aliphatic carbocycles. The van der Waals surface area contributed by atoms with Crippen LogP contribution in [0.4, 0.5) is 0 Å².